The van der Waals surface area contributed by atoms with Crippen molar-refractivity contribution in [1.82, 2.24) is 10.2 Å². The predicted molar refractivity (Wildman–Crippen MR) is 73.4 cm³/mol. The van der Waals surface area contributed by atoms with Gasteiger partial charge in [0.15, 0.2) is 0 Å². The molecule has 0 unspecified atom stereocenters. The highest BCUT2D eigenvalue weighted by Gasteiger charge is 2.30. The lowest BCUT2D eigenvalue weighted by Gasteiger charge is -2.36. The molecule has 1 aliphatic rings. The Balaban J connectivity index is 2.37. The van der Waals surface area contributed by atoms with Gasteiger partial charge in [0, 0.05) is 32.8 Å². The van der Waals surface area contributed by atoms with E-state index in [9.17, 15) is 0 Å². The number of rotatable bonds is 10. The minimum atomic E-state index is 0.436. The zero-order valence-electron chi connectivity index (χ0n) is 12.1. The first-order valence-electron chi connectivity index (χ1n) is 7.06. The fraction of sp³-hybridized carbons (Fsp3) is 1.00. The van der Waals surface area contributed by atoms with Crippen LogP contribution in [0.1, 0.15) is 39.5 Å². The topological polar surface area (TPSA) is 24.5 Å². The lowest BCUT2D eigenvalue weighted by molar-refractivity contribution is 0.115. The van der Waals surface area contributed by atoms with E-state index >= 15 is 0 Å². The second kappa shape index (κ2) is 7.34. The molecule has 1 N–H and O–H groups in total. The Kier molecular flexibility index (Phi) is 6.45. The summed E-state index contributed by atoms with van der Waals surface area (Å²) in [5, 5.41) is 3.70. The number of hydrogen-bond donors (Lipinski definition) is 1. The normalized spacial score (nSPS) is 16.8. The average molecular weight is 242 g/mol. The lowest BCUT2D eigenvalue weighted by Crippen LogP contribution is -2.43. The highest BCUT2D eigenvalue weighted by molar-refractivity contribution is 4.88. The summed E-state index contributed by atoms with van der Waals surface area (Å²) in [5.74, 6) is 0. The number of ether oxygens (including phenoxy) is 1. The van der Waals surface area contributed by atoms with Crippen LogP contribution in [0.25, 0.3) is 0 Å². The summed E-state index contributed by atoms with van der Waals surface area (Å²) in [5.41, 5.74) is 0.436. The summed E-state index contributed by atoms with van der Waals surface area (Å²) in [4.78, 5) is 2.41. The van der Waals surface area contributed by atoms with Crippen LogP contribution in [0.15, 0.2) is 0 Å². The summed E-state index contributed by atoms with van der Waals surface area (Å²) in [6, 6.07) is 0.816. The van der Waals surface area contributed by atoms with Gasteiger partial charge >= 0.3 is 0 Å². The molecule has 0 atom stereocenters. The number of methoxy groups -OCH3 is 1. The summed E-state index contributed by atoms with van der Waals surface area (Å²) >= 11 is 0. The molecule has 1 saturated carbocycles. The predicted octanol–water partition coefficient (Wildman–Crippen LogP) is 2.12. The maximum absolute atomic E-state index is 5.15. The third-order valence-electron chi connectivity index (χ3n) is 4.13. The molecular weight excluding hydrogens is 212 g/mol. The molecule has 3 heteroatoms. The zero-order chi connectivity index (χ0) is 12.7. The van der Waals surface area contributed by atoms with E-state index in [1.54, 1.807) is 7.11 Å². The van der Waals surface area contributed by atoms with Crippen molar-refractivity contribution in [3.63, 3.8) is 0 Å². The van der Waals surface area contributed by atoms with Crippen LogP contribution in [-0.4, -0.2) is 51.3 Å². The second-order valence-corrected chi connectivity index (χ2v) is 5.59. The first-order chi connectivity index (χ1) is 8.15. The highest BCUT2D eigenvalue weighted by Crippen LogP contribution is 2.28. The van der Waals surface area contributed by atoms with Crippen LogP contribution in [0.4, 0.5) is 0 Å². The molecule has 0 bridgehead atoms. The first kappa shape index (κ1) is 14.9. The molecule has 1 fully saturated rings. The summed E-state index contributed by atoms with van der Waals surface area (Å²) in [6.45, 7) is 8.84. The molecule has 0 heterocycles. The van der Waals surface area contributed by atoms with Crippen molar-refractivity contribution in [1.29, 1.82) is 0 Å². The Labute approximate surface area is 107 Å². The second-order valence-electron chi connectivity index (χ2n) is 5.59. The third kappa shape index (κ3) is 5.36. The Morgan fingerprint density at radius 1 is 1.29 bits per heavy atom. The Morgan fingerprint density at radius 2 is 1.94 bits per heavy atom. The van der Waals surface area contributed by atoms with Gasteiger partial charge in [0.25, 0.3) is 0 Å². The smallest absolute Gasteiger partial charge is 0.0589 e. The highest BCUT2D eigenvalue weighted by atomic mass is 16.5. The van der Waals surface area contributed by atoms with Crippen LogP contribution in [-0.2, 0) is 4.74 Å². The fourth-order valence-corrected chi connectivity index (χ4v) is 2.33. The van der Waals surface area contributed by atoms with Crippen molar-refractivity contribution in [2.24, 2.45) is 5.41 Å². The molecule has 17 heavy (non-hydrogen) atoms. The minimum Gasteiger partial charge on any atom is -0.383 e. The van der Waals surface area contributed by atoms with Crippen LogP contribution in [0.5, 0.6) is 0 Å². The van der Waals surface area contributed by atoms with Crippen molar-refractivity contribution in [3.05, 3.63) is 0 Å². The molecule has 102 valence electrons. The average Bonchev–Trinajstić information content (AvgIpc) is 3.16. The molecule has 0 spiro atoms. The van der Waals surface area contributed by atoms with Crippen LogP contribution >= 0.6 is 0 Å². The van der Waals surface area contributed by atoms with E-state index in [1.165, 1.54) is 38.8 Å². The Bertz CT molecular complexity index is 200. The number of nitrogens with one attached hydrogen (secondary N) is 1. The lowest BCUT2D eigenvalue weighted by atomic mass is 9.81. The van der Waals surface area contributed by atoms with Crippen molar-refractivity contribution in [2.75, 3.05) is 40.4 Å². The van der Waals surface area contributed by atoms with Crippen molar-refractivity contribution >= 4 is 0 Å². The van der Waals surface area contributed by atoms with Crippen LogP contribution in [0.3, 0.4) is 0 Å². The van der Waals surface area contributed by atoms with Gasteiger partial charge in [0.05, 0.1) is 6.61 Å². The largest absolute Gasteiger partial charge is 0.383 e. The van der Waals surface area contributed by atoms with E-state index in [2.05, 4.69) is 31.1 Å². The first-order valence-corrected chi connectivity index (χ1v) is 7.06. The molecule has 0 aromatic rings. The van der Waals surface area contributed by atoms with Crippen molar-refractivity contribution in [2.45, 2.75) is 45.6 Å². The summed E-state index contributed by atoms with van der Waals surface area (Å²) in [6.07, 6.45) is 5.26. The van der Waals surface area contributed by atoms with Crippen LogP contribution in [0.2, 0.25) is 0 Å². The van der Waals surface area contributed by atoms with Crippen molar-refractivity contribution < 1.29 is 4.74 Å². The fourth-order valence-electron chi connectivity index (χ4n) is 2.33. The molecule has 0 aromatic heterocycles. The molecule has 0 amide bonds. The van der Waals surface area contributed by atoms with Gasteiger partial charge in [-0.25, -0.2) is 0 Å². The number of nitrogens with zero attached hydrogens (tertiary/aromatic N) is 1. The minimum absolute atomic E-state index is 0.436. The van der Waals surface area contributed by atoms with Gasteiger partial charge in [0.2, 0.25) is 0 Å². The van der Waals surface area contributed by atoms with Crippen molar-refractivity contribution in [3.8, 4) is 0 Å². The van der Waals surface area contributed by atoms with Gasteiger partial charge in [-0.15, -0.1) is 0 Å². The molecule has 1 aliphatic carbocycles. The summed E-state index contributed by atoms with van der Waals surface area (Å²) < 4.78 is 5.15. The monoisotopic (exact) mass is 242 g/mol. The van der Waals surface area contributed by atoms with E-state index in [0.29, 0.717) is 5.41 Å². The molecule has 0 aliphatic heterocycles. The van der Waals surface area contributed by atoms with E-state index in [-0.39, 0.29) is 0 Å². The molecular formula is C14H30N2O. The van der Waals surface area contributed by atoms with Gasteiger partial charge in [-0.05, 0) is 38.1 Å². The van der Waals surface area contributed by atoms with E-state index in [0.717, 1.165) is 19.2 Å². The molecule has 3 nitrogen and oxygen atoms in total. The number of likely N-dealkylation sites (N-methyl/N-ethyl adjacent to an activating group) is 1. The van der Waals surface area contributed by atoms with Gasteiger partial charge in [-0.1, -0.05) is 13.8 Å². The SMILES string of the molecule is CCC(CC)(CNC1CC1)CN(C)CCOC. The van der Waals surface area contributed by atoms with E-state index in [1.807, 2.05) is 0 Å². The molecule has 1 rings (SSSR count). The third-order valence-corrected chi connectivity index (χ3v) is 4.13. The molecule has 0 saturated heterocycles. The van der Waals surface area contributed by atoms with Gasteiger partial charge in [0.1, 0.15) is 0 Å². The quantitative estimate of drug-likeness (QED) is 0.635. The Hall–Kier alpha value is -0.120. The number of hydrogen-bond acceptors (Lipinski definition) is 3. The van der Waals surface area contributed by atoms with Gasteiger partial charge in [-0.2, -0.15) is 0 Å². The molecule has 0 radical (unpaired) electrons. The molecule has 0 aromatic carbocycles. The van der Waals surface area contributed by atoms with E-state index < -0.39 is 0 Å². The van der Waals surface area contributed by atoms with Crippen LogP contribution in [0, 0.1) is 5.41 Å². The van der Waals surface area contributed by atoms with Gasteiger partial charge < -0.3 is 15.0 Å². The van der Waals surface area contributed by atoms with E-state index in [4.69, 9.17) is 4.74 Å². The standard InChI is InChI=1S/C14H30N2O/c1-5-14(6-2,11-15-13-7-8-13)12-16(3)9-10-17-4/h13,15H,5-12H2,1-4H3. The maximum Gasteiger partial charge on any atom is 0.0589 e. The summed E-state index contributed by atoms with van der Waals surface area (Å²) in [7, 11) is 3.98. The van der Waals surface area contributed by atoms with Crippen LogP contribution < -0.4 is 5.32 Å². The zero-order valence-corrected chi connectivity index (χ0v) is 12.1. The Morgan fingerprint density at radius 3 is 2.41 bits per heavy atom. The maximum atomic E-state index is 5.15. The van der Waals surface area contributed by atoms with Gasteiger partial charge in [-0.3, -0.25) is 0 Å².